The number of ether oxygens (including phenoxy) is 2. The van der Waals surface area contributed by atoms with Crippen LogP contribution >= 0.6 is 0 Å². The summed E-state index contributed by atoms with van der Waals surface area (Å²) < 4.78 is 11.0. The molecule has 3 aromatic carbocycles. The Morgan fingerprint density at radius 1 is 0.800 bits per heavy atom. The van der Waals surface area contributed by atoms with Crippen molar-refractivity contribution in [3.05, 3.63) is 95.1 Å². The Bertz CT molecular complexity index is 1070. The minimum absolute atomic E-state index is 0.131. The van der Waals surface area contributed by atoms with Gasteiger partial charge in [-0.15, -0.1) is 0 Å². The van der Waals surface area contributed by atoms with Gasteiger partial charge in [-0.2, -0.15) is 0 Å². The molecule has 2 aliphatic heterocycles. The molecule has 150 valence electrons. The van der Waals surface area contributed by atoms with Crippen LogP contribution in [0.5, 0.6) is 11.5 Å². The molecule has 0 aromatic heterocycles. The van der Waals surface area contributed by atoms with Crippen LogP contribution < -0.4 is 9.47 Å². The predicted octanol–water partition coefficient (Wildman–Crippen LogP) is 4.43. The maximum atomic E-state index is 12.7. The van der Waals surface area contributed by atoms with Crippen LogP contribution in [0.15, 0.2) is 72.8 Å². The second-order valence-corrected chi connectivity index (χ2v) is 7.60. The van der Waals surface area contributed by atoms with Crippen LogP contribution in [0, 0.1) is 0 Å². The van der Waals surface area contributed by atoms with Gasteiger partial charge in [0.1, 0.15) is 0 Å². The summed E-state index contributed by atoms with van der Waals surface area (Å²) in [5.41, 5.74) is 3.30. The molecule has 1 unspecified atom stereocenters. The zero-order valence-corrected chi connectivity index (χ0v) is 16.4. The van der Waals surface area contributed by atoms with Gasteiger partial charge in [-0.05, 0) is 54.2 Å². The number of fused-ring (bicyclic) bond motifs is 2. The summed E-state index contributed by atoms with van der Waals surface area (Å²) in [5.74, 6) is 1.20. The molecule has 2 amide bonds. The highest BCUT2D eigenvalue weighted by molar-refractivity contribution is 6.21. The van der Waals surface area contributed by atoms with E-state index >= 15 is 0 Å². The third kappa shape index (κ3) is 3.32. The van der Waals surface area contributed by atoms with E-state index < -0.39 is 0 Å². The second kappa shape index (κ2) is 7.67. The molecule has 1 atom stereocenters. The average Bonchev–Trinajstić information content (AvgIpc) is 3.35. The number of benzene rings is 3. The van der Waals surface area contributed by atoms with Gasteiger partial charge in [-0.3, -0.25) is 14.5 Å². The average molecular weight is 399 g/mol. The van der Waals surface area contributed by atoms with Crippen LogP contribution in [0.3, 0.4) is 0 Å². The first-order valence-electron chi connectivity index (χ1n) is 10.1. The van der Waals surface area contributed by atoms with E-state index in [1.807, 2.05) is 36.4 Å². The van der Waals surface area contributed by atoms with E-state index in [9.17, 15) is 9.59 Å². The largest absolute Gasteiger partial charge is 0.454 e. The second-order valence-electron chi connectivity index (χ2n) is 7.60. The SMILES string of the molecule is O=C1c2ccccc2C(=O)N1CCC(Cc1ccccc1)c1ccc2c(c1)OCO2. The highest BCUT2D eigenvalue weighted by Gasteiger charge is 2.35. The van der Waals surface area contributed by atoms with Crippen molar-refractivity contribution in [1.82, 2.24) is 4.90 Å². The maximum Gasteiger partial charge on any atom is 0.261 e. The van der Waals surface area contributed by atoms with E-state index in [1.165, 1.54) is 10.5 Å². The molecule has 3 aromatic rings. The normalized spacial score (nSPS) is 15.4. The lowest BCUT2D eigenvalue weighted by molar-refractivity contribution is 0.0649. The topological polar surface area (TPSA) is 55.8 Å². The lowest BCUT2D eigenvalue weighted by Gasteiger charge is -2.21. The number of rotatable bonds is 6. The summed E-state index contributed by atoms with van der Waals surface area (Å²) in [7, 11) is 0. The van der Waals surface area contributed by atoms with Crippen molar-refractivity contribution in [2.24, 2.45) is 0 Å². The lowest BCUT2D eigenvalue weighted by Crippen LogP contribution is -2.31. The molecule has 0 saturated heterocycles. The molecule has 0 saturated carbocycles. The van der Waals surface area contributed by atoms with Crippen molar-refractivity contribution >= 4 is 11.8 Å². The van der Waals surface area contributed by atoms with E-state index in [-0.39, 0.29) is 24.5 Å². The Kier molecular flexibility index (Phi) is 4.71. The van der Waals surface area contributed by atoms with Gasteiger partial charge in [0, 0.05) is 6.54 Å². The quantitative estimate of drug-likeness (QED) is 0.576. The first-order chi connectivity index (χ1) is 14.7. The van der Waals surface area contributed by atoms with Crippen LogP contribution in [-0.2, 0) is 6.42 Å². The Balaban J connectivity index is 1.39. The summed E-state index contributed by atoms with van der Waals surface area (Å²) in [4.78, 5) is 26.8. The van der Waals surface area contributed by atoms with E-state index in [2.05, 4.69) is 12.1 Å². The van der Waals surface area contributed by atoms with Crippen molar-refractivity contribution in [2.45, 2.75) is 18.8 Å². The number of carbonyl (C=O) groups is 2. The van der Waals surface area contributed by atoms with Gasteiger partial charge < -0.3 is 9.47 Å². The molecule has 0 aliphatic carbocycles. The van der Waals surface area contributed by atoms with Crippen molar-refractivity contribution in [3.63, 3.8) is 0 Å². The number of hydrogen-bond donors (Lipinski definition) is 0. The molecule has 0 radical (unpaired) electrons. The van der Waals surface area contributed by atoms with Gasteiger partial charge in [0.15, 0.2) is 11.5 Å². The van der Waals surface area contributed by atoms with Crippen LogP contribution in [-0.4, -0.2) is 30.1 Å². The number of imide groups is 1. The molecule has 5 heteroatoms. The van der Waals surface area contributed by atoms with Crippen molar-refractivity contribution < 1.29 is 19.1 Å². The van der Waals surface area contributed by atoms with Gasteiger partial charge in [-0.25, -0.2) is 0 Å². The summed E-state index contributed by atoms with van der Waals surface area (Å²) in [6.45, 7) is 0.607. The van der Waals surface area contributed by atoms with Crippen LogP contribution in [0.1, 0.15) is 44.2 Å². The fourth-order valence-corrected chi connectivity index (χ4v) is 4.18. The summed E-state index contributed by atoms with van der Waals surface area (Å²) in [5, 5.41) is 0. The zero-order chi connectivity index (χ0) is 20.5. The molecule has 0 spiro atoms. The minimum Gasteiger partial charge on any atom is -0.454 e. The first-order valence-corrected chi connectivity index (χ1v) is 10.1. The summed E-state index contributed by atoms with van der Waals surface area (Å²) in [6, 6.07) is 23.2. The number of hydrogen-bond acceptors (Lipinski definition) is 4. The van der Waals surface area contributed by atoms with E-state index in [1.54, 1.807) is 24.3 Å². The molecule has 5 rings (SSSR count). The van der Waals surface area contributed by atoms with E-state index in [0.717, 1.165) is 23.5 Å². The molecule has 2 heterocycles. The Morgan fingerprint density at radius 3 is 2.20 bits per heavy atom. The fraction of sp³-hybridized carbons (Fsp3) is 0.200. The molecule has 0 fully saturated rings. The van der Waals surface area contributed by atoms with Crippen molar-refractivity contribution in [3.8, 4) is 11.5 Å². The van der Waals surface area contributed by atoms with Gasteiger partial charge in [-0.1, -0.05) is 48.5 Å². The first kappa shape index (κ1) is 18.4. The zero-order valence-electron chi connectivity index (χ0n) is 16.4. The molecule has 0 bridgehead atoms. The number of nitrogens with zero attached hydrogens (tertiary/aromatic N) is 1. The number of carbonyl (C=O) groups excluding carboxylic acids is 2. The third-order valence-corrected chi connectivity index (χ3v) is 5.77. The van der Waals surface area contributed by atoms with Crippen LogP contribution in [0.25, 0.3) is 0 Å². The van der Waals surface area contributed by atoms with Crippen LogP contribution in [0.2, 0.25) is 0 Å². The molecule has 5 nitrogen and oxygen atoms in total. The van der Waals surface area contributed by atoms with E-state index in [0.29, 0.717) is 24.1 Å². The molecule has 2 aliphatic rings. The van der Waals surface area contributed by atoms with E-state index in [4.69, 9.17) is 9.47 Å². The maximum absolute atomic E-state index is 12.7. The van der Waals surface area contributed by atoms with Gasteiger partial charge in [0.05, 0.1) is 11.1 Å². The highest BCUT2D eigenvalue weighted by atomic mass is 16.7. The molecular weight excluding hydrogens is 378 g/mol. The lowest BCUT2D eigenvalue weighted by atomic mass is 9.89. The smallest absolute Gasteiger partial charge is 0.261 e. The molecule has 30 heavy (non-hydrogen) atoms. The highest BCUT2D eigenvalue weighted by Crippen LogP contribution is 2.37. The van der Waals surface area contributed by atoms with Crippen molar-refractivity contribution in [1.29, 1.82) is 0 Å². The Labute approximate surface area is 174 Å². The Hall–Kier alpha value is -3.60. The molecular formula is C25H21NO4. The van der Waals surface area contributed by atoms with Gasteiger partial charge >= 0.3 is 0 Å². The summed E-state index contributed by atoms with van der Waals surface area (Å²) >= 11 is 0. The third-order valence-electron chi connectivity index (χ3n) is 5.77. The fourth-order valence-electron chi connectivity index (χ4n) is 4.18. The van der Waals surface area contributed by atoms with Gasteiger partial charge in [0.25, 0.3) is 11.8 Å². The number of amides is 2. The monoisotopic (exact) mass is 399 g/mol. The van der Waals surface area contributed by atoms with Gasteiger partial charge in [0.2, 0.25) is 6.79 Å². The summed E-state index contributed by atoms with van der Waals surface area (Å²) in [6.07, 6.45) is 1.48. The predicted molar refractivity (Wildman–Crippen MR) is 112 cm³/mol. The van der Waals surface area contributed by atoms with Crippen LogP contribution in [0.4, 0.5) is 0 Å². The standard InChI is InChI=1S/C25H21NO4/c27-24-20-8-4-5-9-21(20)25(28)26(24)13-12-19(14-17-6-2-1-3-7-17)18-10-11-22-23(15-18)30-16-29-22/h1-11,15,19H,12-14,16H2. The van der Waals surface area contributed by atoms with Crippen molar-refractivity contribution in [2.75, 3.05) is 13.3 Å². The molecule has 0 N–H and O–H groups in total. The Morgan fingerprint density at radius 2 is 1.47 bits per heavy atom. The minimum atomic E-state index is -0.209.